The van der Waals surface area contributed by atoms with E-state index in [2.05, 4.69) is 15.0 Å². The Morgan fingerprint density at radius 2 is 1.74 bits per heavy atom. The van der Waals surface area contributed by atoms with Crippen LogP contribution >= 0.6 is 11.3 Å². The standard InChI is InChI=1S/C20H15N3O3S/c1-26-19(25)15-4-2-14(3-5-15)18(24)21-16-8-6-13(7-9-16)17-12-23-10-11-27-20(23)22-17/h2-12H,1H3,(H,21,24). The predicted molar refractivity (Wildman–Crippen MR) is 104 cm³/mol. The van der Waals surface area contributed by atoms with Crippen molar-refractivity contribution in [3.63, 3.8) is 0 Å². The van der Waals surface area contributed by atoms with Crippen LogP contribution in [-0.2, 0) is 4.74 Å². The second-order valence-electron chi connectivity index (χ2n) is 5.82. The molecule has 0 aliphatic heterocycles. The summed E-state index contributed by atoms with van der Waals surface area (Å²) >= 11 is 1.58. The van der Waals surface area contributed by atoms with Gasteiger partial charge >= 0.3 is 5.97 Å². The Hall–Kier alpha value is -3.45. The van der Waals surface area contributed by atoms with Gasteiger partial charge in [-0.1, -0.05) is 12.1 Å². The first-order valence-electron chi connectivity index (χ1n) is 8.16. The number of nitrogens with one attached hydrogen (secondary N) is 1. The number of nitrogens with zero attached hydrogens (tertiary/aromatic N) is 2. The van der Waals surface area contributed by atoms with Gasteiger partial charge < -0.3 is 10.1 Å². The second kappa shape index (κ2) is 7.05. The third-order valence-electron chi connectivity index (χ3n) is 4.10. The molecule has 0 atom stereocenters. The average molecular weight is 377 g/mol. The number of anilines is 1. The number of carbonyl (C=O) groups excluding carboxylic acids is 2. The third-order valence-corrected chi connectivity index (χ3v) is 4.87. The van der Waals surface area contributed by atoms with E-state index >= 15 is 0 Å². The van der Waals surface area contributed by atoms with Crippen LogP contribution in [0, 0.1) is 0 Å². The van der Waals surface area contributed by atoms with Crippen molar-refractivity contribution in [2.24, 2.45) is 0 Å². The van der Waals surface area contributed by atoms with Gasteiger partial charge in [0.2, 0.25) is 0 Å². The van der Waals surface area contributed by atoms with Gasteiger partial charge in [0, 0.05) is 34.6 Å². The van der Waals surface area contributed by atoms with Crippen molar-refractivity contribution >= 4 is 33.9 Å². The molecule has 1 N–H and O–H groups in total. The fourth-order valence-corrected chi connectivity index (χ4v) is 3.37. The summed E-state index contributed by atoms with van der Waals surface area (Å²) in [6.45, 7) is 0. The van der Waals surface area contributed by atoms with Gasteiger partial charge in [0.1, 0.15) is 0 Å². The number of esters is 1. The van der Waals surface area contributed by atoms with Crippen LogP contribution in [0.15, 0.2) is 66.3 Å². The van der Waals surface area contributed by atoms with Crippen molar-refractivity contribution in [3.05, 3.63) is 77.4 Å². The number of methoxy groups -OCH3 is 1. The lowest BCUT2D eigenvalue weighted by atomic mass is 10.1. The quantitative estimate of drug-likeness (QED) is 0.544. The van der Waals surface area contributed by atoms with Crippen molar-refractivity contribution < 1.29 is 14.3 Å². The van der Waals surface area contributed by atoms with Crippen molar-refractivity contribution in [3.8, 4) is 11.3 Å². The Balaban J connectivity index is 1.47. The number of carbonyl (C=O) groups is 2. The normalized spacial score (nSPS) is 10.7. The SMILES string of the molecule is COC(=O)c1ccc(C(=O)Nc2ccc(-c3cn4ccsc4n3)cc2)cc1. The smallest absolute Gasteiger partial charge is 0.337 e. The zero-order valence-corrected chi connectivity index (χ0v) is 15.2. The molecule has 7 heteroatoms. The van der Waals surface area contributed by atoms with Crippen LogP contribution in [0.1, 0.15) is 20.7 Å². The minimum Gasteiger partial charge on any atom is -0.465 e. The van der Waals surface area contributed by atoms with E-state index in [9.17, 15) is 9.59 Å². The van der Waals surface area contributed by atoms with Crippen LogP contribution in [0.2, 0.25) is 0 Å². The van der Waals surface area contributed by atoms with Gasteiger partial charge in [-0.3, -0.25) is 9.20 Å². The molecule has 2 aromatic carbocycles. The maximum atomic E-state index is 12.4. The molecule has 0 radical (unpaired) electrons. The van der Waals surface area contributed by atoms with Gasteiger partial charge in [-0.05, 0) is 36.4 Å². The summed E-state index contributed by atoms with van der Waals surface area (Å²) in [5.41, 5.74) is 3.41. The van der Waals surface area contributed by atoms with Crippen LogP contribution in [0.3, 0.4) is 0 Å². The number of hydrogen-bond acceptors (Lipinski definition) is 5. The monoisotopic (exact) mass is 377 g/mol. The number of amides is 1. The summed E-state index contributed by atoms with van der Waals surface area (Å²) in [7, 11) is 1.32. The molecule has 0 saturated heterocycles. The summed E-state index contributed by atoms with van der Waals surface area (Å²) in [5.74, 6) is -0.682. The molecular formula is C20H15N3O3S. The molecule has 0 bridgehead atoms. The van der Waals surface area contributed by atoms with Crippen LogP contribution in [0.25, 0.3) is 16.2 Å². The summed E-state index contributed by atoms with van der Waals surface area (Å²) in [4.78, 5) is 29.3. The Bertz CT molecular complexity index is 1080. The topological polar surface area (TPSA) is 72.7 Å². The molecule has 2 heterocycles. The van der Waals surface area contributed by atoms with Gasteiger partial charge in [-0.15, -0.1) is 11.3 Å². The molecule has 0 saturated carbocycles. The minimum absolute atomic E-state index is 0.248. The van der Waals surface area contributed by atoms with E-state index < -0.39 is 5.97 Å². The van der Waals surface area contributed by atoms with E-state index in [-0.39, 0.29) is 5.91 Å². The molecule has 1 amide bonds. The Kier molecular flexibility index (Phi) is 4.43. The number of benzene rings is 2. The van der Waals surface area contributed by atoms with E-state index in [1.54, 1.807) is 35.6 Å². The van der Waals surface area contributed by atoms with E-state index in [4.69, 9.17) is 0 Å². The highest BCUT2D eigenvalue weighted by molar-refractivity contribution is 7.15. The first-order chi connectivity index (χ1) is 13.1. The van der Waals surface area contributed by atoms with Crippen molar-refractivity contribution in [1.29, 1.82) is 0 Å². The van der Waals surface area contributed by atoms with Gasteiger partial charge in [0.15, 0.2) is 4.96 Å². The van der Waals surface area contributed by atoms with Crippen LogP contribution < -0.4 is 5.32 Å². The second-order valence-corrected chi connectivity index (χ2v) is 6.69. The van der Waals surface area contributed by atoms with Gasteiger partial charge in [0.25, 0.3) is 5.91 Å². The summed E-state index contributed by atoms with van der Waals surface area (Å²) in [6.07, 6.45) is 3.94. The molecule has 0 aliphatic rings. The van der Waals surface area contributed by atoms with Crippen molar-refractivity contribution in [1.82, 2.24) is 9.38 Å². The molecule has 4 rings (SSSR count). The Morgan fingerprint density at radius 3 is 2.41 bits per heavy atom. The molecule has 2 aromatic heterocycles. The van der Waals surface area contributed by atoms with Gasteiger partial charge in [0.05, 0.1) is 18.4 Å². The molecule has 0 spiro atoms. The molecule has 4 aromatic rings. The lowest BCUT2D eigenvalue weighted by Gasteiger charge is -2.07. The molecule has 6 nitrogen and oxygen atoms in total. The fraction of sp³-hybridized carbons (Fsp3) is 0.0500. The summed E-state index contributed by atoms with van der Waals surface area (Å²) in [5, 5.41) is 4.83. The highest BCUT2D eigenvalue weighted by Crippen LogP contribution is 2.23. The predicted octanol–water partition coefficient (Wildman–Crippen LogP) is 4.10. The van der Waals surface area contributed by atoms with Crippen LogP contribution in [0.5, 0.6) is 0 Å². The molecule has 0 unspecified atom stereocenters. The van der Waals surface area contributed by atoms with Crippen molar-refractivity contribution in [2.45, 2.75) is 0 Å². The molecular weight excluding hydrogens is 362 g/mol. The van der Waals surface area contributed by atoms with Gasteiger partial charge in [-0.2, -0.15) is 0 Å². The Labute approximate surface area is 159 Å². The Morgan fingerprint density at radius 1 is 1.04 bits per heavy atom. The zero-order chi connectivity index (χ0) is 18.8. The van der Waals surface area contributed by atoms with E-state index in [1.807, 2.05) is 46.4 Å². The summed E-state index contributed by atoms with van der Waals surface area (Å²) < 4.78 is 6.63. The number of aromatic nitrogens is 2. The van der Waals surface area contributed by atoms with Gasteiger partial charge in [-0.25, -0.2) is 9.78 Å². The first-order valence-corrected chi connectivity index (χ1v) is 9.04. The highest BCUT2D eigenvalue weighted by Gasteiger charge is 2.10. The number of hydrogen-bond donors (Lipinski definition) is 1. The largest absolute Gasteiger partial charge is 0.465 e. The lowest BCUT2D eigenvalue weighted by Crippen LogP contribution is -2.12. The maximum Gasteiger partial charge on any atom is 0.337 e. The first kappa shape index (κ1) is 17.0. The highest BCUT2D eigenvalue weighted by atomic mass is 32.1. The van der Waals surface area contributed by atoms with E-state index in [0.29, 0.717) is 16.8 Å². The number of imidazole rings is 1. The van der Waals surface area contributed by atoms with Crippen LogP contribution in [0.4, 0.5) is 5.69 Å². The molecule has 0 fully saturated rings. The fourth-order valence-electron chi connectivity index (χ4n) is 2.67. The van der Waals surface area contributed by atoms with Crippen molar-refractivity contribution in [2.75, 3.05) is 12.4 Å². The average Bonchev–Trinajstić information content (AvgIpc) is 3.30. The third kappa shape index (κ3) is 3.45. The molecule has 0 aliphatic carbocycles. The van der Waals surface area contributed by atoms with E-state index in [1.165, 1.54) is 7.11 Å². The molecule has 27 heavy (non-hydrogen) atoms. The number of rotatable bonds is 4. The number of fused-ring (bicyclic) bond motifs is 1. The molecule has 134 valence electrons. The zero-order valence-electron chi connectivity index (χ0n) is 14.4. The number of ether oxygens (including phenoxy) is 1. The lowest BCUT2D eigenvalue weighted by molar-refractivity contribution is 0.0600. The minimum atomic E-state index is -0.434. The summed E-state index contributed by atoms with van der Waals surface area (Å²) in [6, 6.07) is 13.8. The van der Waals surface area contributed by atoms with E-state index in [0.717, 1.165) is 16.2 Å². The number of thiazole rings is 1. The maximum absolute atomic E-state index is 12.4. The van der Waals surface area contributed by atoms with Crippen LogP contribution in [-0.4, -0.2) is 28.4 Å².